The normalized spacial score (nSPS) is 10.1. The molecule has 0 aromatic heterocycles. The second-order valence-electron chi connectivity index (χ2n) is 4.88. The number of nitrogens with one attached hydrogen (secondary N) is 2. The van der Waals surface area contributed by atoms with Crippen LogP contribution in [0.25, 0.3) is 0 Å². The minimum Gasteiger partial charge on any atom is -0.385 e. The van der Waals surface area contributed by atoms with Gasteiger partial charge in [-0.25, -0.2) is 0 Å². The number of carbonyl (C=O) groups is 1. The highest BCUT2D eigenvalue weighted by atomic mass is 32.1. The third kappa shape index (κ3) is 5.69. The van der Waals surface area contributed by atoms with E-state index in [-0.39, 0.29) is 5.91 Å². The van der Waals surface area contributed by atoms with Gasteiger partial charge in [-0.15, -0.1) is 0 Å². The van der Waals surface area contributed by atoms with E-state index in [0.717, 1.165) is 17.5 Å². The molecule has 1 rings (SSSR count). The van der Waals surface area contributed by atoms with Crippen molar-refractivity contribution >= 4 is 23.2 Å². The highest BCUT2D eigenvalue weighted by Gasteiger charge is 2.10. The summed E-state index contributed by atoms with van der Waals surface area (Å²) in [7, 11) is 3.37. The lowest BCUT2D eigenvalue weighted by Gasteiger charge is -2.21. The maximum absolute atomic E-state index is 12.1. The number of thiocarbonyl (C=S) groups is 1. The van der Waals surface area contributed by atoms with Gasteiger partial charge in [0.15, 0.2) is 5.11 Å². The van der Waals surface area contributed by atoms with Crippen LogP contribution in [-0.4, -0.2) is 43.3 Å². The molecule has 5 nitrogen and oxygen atoms in total. The van der Waals surface area contributed by atoms with Crippen LogP contribution in [0.15, 0.2) is 18.2 Å². The predicted molar refractivity (Wildman–Crippen MR) is 88.2 cm³/mol. The second-order valence-corrected chi connectivity index (χ2v) is 5.26. The van der Waals surface area contributed by atoms with Crippen LogP contribution < -0.4 is 10.7 Å². The average Bonchev–Trinajstić information content (AvgIpc) is 2.46. The molecule has 0 unspecified atom stereocenters. The molecule has 0 bridgehead atoms. The van der Waals surface area contributed by atoms with Crippen LogP contribution in [0.3, 0.4) is 0 Å². The van der Waals surface area contributed by atoms with Crippen LogP contribution in [0.1, 0.15) is 27.9 Å². The van der Waals surface area contributed by atoms with Crippen molar-refractivity contribution < 1.29 is 9.53 Å². The summed E-state index contributed by atoms with van der Waals surface area (Å²) < 4.78 is 4.96. The van der Waals surface area contributed by atoms with Crippen molar-refractivity contribution in [2.75, 3.05) is 27.3 Å². The fourth-order valence-corrected chi connectivity index (χ4v) is 1.83. The van der Waals surface area contributed by atoms with E-state index in [9.17, 15) is 4.79 Å². The molecule has 0 fully saturated rings. The van der Waals surface area contributed by atoms with Crippen LogP contribution in [0, 0.1) is 13.8 Å². The van der Waals surface area contributed by atoms with Crippen LogP contribution in [0.2, 0.25) is 0 Å². The molecule has 1 amide bonds. The van der Waals surface area contributed by atoms with Gasteiger partial charge in [0.2, 0.25) is 0 Å². The molecular formula is C15H23N3O2S. The van der Waals surface area contributed by atoms with Gasteiger partial charge in [-0.3, -0.25) is 15.2 Å². The number of methoxy groups -OCH3 is 1. The molecule has 116 valence electrons. The number of hydrazine groups is 1. The number of carbonyl (C=O) groups excluding carboxylic acids is 1. The van der Waals surface area contributed by atoms with Crippen molar-refractivity contribution in [2.24, 2.45) is 0 Å². The van der Waals surface area contributed by atoms with Crippen molar-refractivity contribution in [3.8, 4) is 0 Å². The first-order valence-electron chi connectivity index (χ1n) is 6.84. The Hall–Kier alpha value is -1.66. The highest BCUT2D eigenvalue weighted by Crippen LogP contribution is 2.09. The van der Waals surface area contributed by atoms with Gasteiger partial charge in [-0.1, -0.05) is 6.07 Å². The minimum absolute atomic E-state index is 0.179. The summed E-state index contributed by atoms with van der Waals surface area (Å²) in [6, 6.07) is 5.61. The van der Waals surface area contributed by atoms with Crippen molar-refractivity contribution in [2.45, 2.75) is 20.3 Å². The molecule has 0 heterocycles. The van der Waals surface area contributed by atoms with Crippen LogP contribution in [-0.2, 0) is 4.74 Å². The quantitative estimate of drug-likeness (QED) is 0.493. The molecule has 0 aliphatic rings. The standard InChI is InChI=1S/C15H23N3O2S/c1-11-6-7-13(10-12(11)2)14(19)17-18(3)15(21)16-8-5-9-20-4/h6-7,10H,5,8-9H2,1-4H3,(H,16,21)(H,17,19). The Kier molecular flexibility index (Phi) is 7.11. The summed E-state index contributed by atoms with van der Waals surface area (Å²) in [6.45, 7) is 5.38. The number of rotatable bonds is 5. The van der Waals surface area contributed by atoms with E-state index in [1.165, 1.54) is 5.01 Å². The summed E-state index contributed by atoms with van der Waals surface area (Å²) in [5.41, 5.74) is 5.61. The maximum Gasteiger partial charge on any atom is 0.269 e. The average molecular weight is 309 g/mol. The van der Waals surface area contributed by atoms with Gasteiger partial charge in [0.05, 0.1) is 0 Å². The van der Waals surface area contributed by atoms with Crippen molar-refractivity contribution in [1.82, 2.24) is 15.8 Å². The summed E-state index contributed by atoms with van der Waals surface area (Å²) >= 11 is 5.20. The molecule has 0 radical (unpaired) electrons. The number of benzene rings is 1. The molecule has 2 N–H and O–H groups in total. The molecule has 0 saturated carbocycles. The minimum atomic E-state index is -0.179. The third-order valence-corrected chi connectivity index (χ3v) is 3.56. The Morgan fingerprint density at radius 3 is 2.67 bits per heavy atom. The van der Waals surface area contributed by atoms with Crippen LogP contribution in [0.4, 0.5) is 0 Å². The zero-order valence-corrected chi connectivity index (χ0v) is 13.8. The number of hydrogen-bond acceptors (Lipinski definition) is 3. The van der Waals surface area contributed by atoms with Crippen LogP contribution >= 0.6 is 12.2 Å². The van der Waals surface area contributed by atoms with Gasteiger partial charge >= 0.3 is 0 Å². The fourth-order valence-electron chi connectivity index (χ4n) is 1.68. The molecule has 1 aromatic carbocycles. The Labute approximate surface area is 131 Å². The molecule has 0 aliphatic heterocycles. The lowest BCUT2D eigenvalue weighted by molar-refractivity contribution is 0.0886. The fraction of sp³-hybridized carbons (Fsp3) is 0.467. The molecule has 0 spiro atoms. The number of aryl methyl sites for hydroxylation is 2. The van der Waals surface area contributed by atoms with Crippen LogP contribution in [0.5, 0.6) is 0 Å². The third-order valence-electron chi connectivity index (χ3n) is 3.14. The van der Waals surface area contributed by atoms with Crippen molar-refractivity contribution in [1.29, 1.82) is 0 Å². The van der Waals surface area contributed by atoms with Gasteiger partial charge < -0.3 is 10.1 Å². The first-order valence-corrected chi connectivity index (χ1v) is 7.25. The zero-order valence-electron chi connectivity index (χ0n) is 13.0. The molecular weight excluding hydrogens is 286 g/mol. The van der Waals surface area contributed by atoms with Gasteiger partial charge in [-0.05, 0) is 55.7 Å². The summed E-state index contributed by atoms with van der Waals surface area (Å²) in [6.07, 6.45) is 0.857. The molecule has 1 aromatic rings. The molecule has 0 aliphatic carbocycles. The number of amides is 1. The molecule has 0 saturated heterocycles. The van der Waals surface area contributed by atoms with E-state index < -0.39 is 0 Å². The Bertz CT molecular complexity index is 506. The van der Waals surface area contributed by atoms with E-state index in [1.54, 1.807) is 20.2 Å². The number of nitrogens with zero attached hydrogens (tertiary/aromatic N) is 1. The van der Waals surface area contributed by atoms with E-state index in [0.29, 0.717) is 23.8 Å². The highest BCUT2D eigenvalue weighted by molar-refractivity contribution is 7.80. The Morgan fingerprint density at radius 2 is 2.05 bits per heavy atom. The van der Waals surface area contributed by atoms with Gasteiger partial charge in [-0.2, -0.15) is 0 Å². The lowest BCUT2D eigenvalue weighted by atomic mass is 10.1. The van der Waals surface area contributed by atoms with Gasteiger partial charge in [0.1, 0.15) is 0 Å². The summed E-state index contributed by atoms with van der Waals surface area (Å²) in [5.74, 6) is -0.179. The SMILES string of the molecule is COCCCNC(=S)N(C)NC(=O)c1ccc(C)c(C)c1. The van der Waals surface area contributed by atoms with Crippen molar-refractivity contribution in [3.05, 3.63) is 34.9 Å². The largest absolute Gasteiger partial charge is 0.385 e. The molecule has 6 heteroatoms. The topological polar surface area (TPSA) is 53.6 Å². The van der Waals surface area contributed by atoms with Crippen molar-refractivity contribution in [3.63, 3.8) is 0 Å². The summed E-state index contributed by atoms with van der Waals surface area (Å²) in [4.78, 5) is 12.1. The van der Waals surface area contributed by atoms with E-state index in [1.807, 2.05) is 26.0 Å². The predicted octanol–water partition coefficient (Wildman–Crippen LogP) is 1.79. The van der Waals surface area contributed by atoms with Gasteiger partial charge in [0.25, 0.3) is 5.91 Å². The zero-order chi connectivity index (χ0) is 15.8. The monoisotopic (exact) mass is 309 g/mol. The Morgan fingerprint density at radius 1 is 1.33 bits per heavy atom. The van der Waals surface area contributed by atoms with E-state index in [2.05, 4.69) is 10.7 Å². The van der Waals surface area contributed by atoms with Gasteiger partial charge in [0, 0.05) is 32.9 Å². The first kappa shape index (κ1) is 17.4. The second kappa shape index (κ2) is 8.59. The maximum atomic E-state index is 12.1. The molecule has 0 atom stereocenters. The first-order chi connectivity index (χ1) is 9.95. The lowest BCUT2D eigenvalue weighted by Crippen LogP contribution is -2.48. The molecule has 21 heavy (non-hydrogen) atoms. The van der Waals surface area contributed by atoms with E-state index in [4.69, 9.17) is 17.0 Å². The number of ether oxygens (including phenoxy) is 1. The van der Waals surface area contributed by atoms with E-state index >= 15 is 0 Å². The Balaban J connectivity index is 2.49. The smallest absolute Gasteiger partial charge is 0.269 e. The number of hydrogen-bond donors (Lipinski definition) is 2. The summed E-state index contributed by atoms with van der Waals surface area (Å²) in [5, 5.41) is 5.05.